The molecule has 170 valence electrons. The van der Waals surface area contributed by atoms with E-state index in [1.54, 1.807) is 49.9 Å². The van der Waals surface area contributed by atoms with Crippen molar-refractivity contribution < 1.29 is 19.1 Å². The Bertz CT molecular complexity index is 1010. The molecular formula is C26H32N2O4. The lowest BCUT2D eigenvalue weighted by Crippen LogP contribution is -2.40. The van der Waals surface area contributed by atoms with E-state index in [0.29, 0.717) is 37.2 Å². The first-order valence-corrected chi connectivity index (χ1v) is 11.0. The molecule has 0 unspecified atom stereocenters. The predicted molar refractivity (Wildman–Crippen MR) is 125 cm³/mol. The molecule has 3 rings (SSSR count). The average Bonchev–Trinajstić information content (AvgIpc) is 2.71. The van der Waals surface area contributed by atoms with Crippen LogP contribution >= 0.6 is 0 Å². The maximum atomic E-state index is 13.0. The lowest BCUT2D eigenvalue weighted by molar-refractivity contribution is 0.0633. The molecule has 0 aliphatic carbocycles. The minimum atomic E-state index is -0.601. The molecule has 1 fully saturated rings. The standard InChI is InChI=1S/C26H32N2O4/c1-17-9-10-22(18(2)15-17)23(29)19-11-13-28(14-12-19)24(30)20-7-6-8-21(16-20)27-25(31)32-26(3,4)5/h6-10,15-16,19H,11-14H2,1-5H3,(H,27,31). The number of aryl methyl sites for hydroxylation is 2. The molecule has 2 amide bonds. The Kier molecular flexibility index (Phi) is 7.02. The van der Waals surface area contributed by atoms with Gasteiger partial charge >= 0.3 is 6.09 Å². The highest BCUT2D eigenvalue weighted by atomic mass is 16.6. The van der Waals surface area contributed by atoms with Gasteiger partial charge in [0.15, 0.2) is 5.78 Å². The van der Waals surface area contributed by atoms with Crippen molar-refractivity contribution in [3.05, 3.63) is 64.7 Å². The number of nitrogens with zero attached hydrogens (tertiary/aromatic N) is 1. The predicted octanol–water partition coefficient (Wildman–Crippen LogP) is 5.39. The Hall–Kier alpha value is -3.15. The van der Waals surface area contributed by atoms with Crippen LogP contribution in [0.15, 0.2) is 42.5 Å². The fraction of sp³-hybridized carbons (Fsp3) is 0.423. The molecule has 0 atom stereocenters. The van der Waals surface area contributed by atoms with Crippen molar-refractivity contribution in [2.45, 2.75) is 53.1 Å². The van der Waals surface area contributed by atoms with Crippen LogP contribution in [0.3, 0.4) is 0 Å². The third-order valence-electron chi connectivity index (χ3n) is 5.56. The number of rotatable bonds is 4. The quantitative estimate of drug-likeness (QED) is 0.653. The fourth-order valence-corrected chi connectivity index (χ4v) is 3.99. The van der Waals surface area contributed by atoms with Crippen LogP contribution in [0.4, 0.5) is 10.5 Å². The number of carbonyl (C=O) groups is 3. The number of carbonyl (C=O) groups excluding carboxylic acids is 3. The Labute approximate surface area is 189 Å². The number of Topliss-reactive ketones (excluding diaryl/α,β-unsaturated/α-hetero) is 1. The monoisotopic (exact) mass is 436 g/mol. The average molecular weight is 437 g/mol. The molecule has 2 aromatic rings. The number of hydrogen-bond donors (Lipinski definition) is 1. The van der Waals surface area contributed by atoms with Gasteiger partial charge in [-0.25, -0.2) is 4.79 Å². The van der Waals surface area contributed by atoms with Crippen LogP contribution in [0.5, 0.6) is 0 Å². The number of hydrogen-bond acceptors (Lipinski definition) is 4. The Morgan fingerprint density at radius 1 is 1.00 bits per heavy atom. The van der Waals surface area contributed by atoms with Crippen LogP contribution in [0.25, 0.3) is 0 Å². The highest BCUT2D eigenvalue weighted by molar-refractivity contribution is 6.00. The minimum absolute atomic E-state index is 0.0689. The third kappa shape index (κ3) is 5.96. The Morgan fingerprint density at radius 3 is 2.31 bits per heavy atom. The van der Waals surface area contributed by atoms with Gasteiger partial charge in [-0.1, -0.05) is 29.8 Å². The zero-order valence-electron chi connectivity index (χ0n) is 19.5. The number of benzene rings is 2. The number of anilines is 1. The van der Waals surface area contributed by atoms with Gasteiger partial charge < -0.3 is 9.64 Å². The summed E-state index contributed by atoms with van der Waals surface area (Å²) in [7, 11) is 0. The number of likely N-dealkylation sites (tertiary alicyclic amines) is 1. The summed E-state index contributed by atoms with van der Waals surface area (Å²) in [5.41, 5.74) is 3.32. The molecular weight excluding hydrogens is 404 g/mol. The molecule has 1 saturated heterocycles. The van der Waals surface area contributed by atoms with Crippen molar-refractivity contribution in [3.8, 4) is 0 Å². The maximum absolute atomic E-state index is 13.0. The first kappa shape index (κ1) is 23.5. The molecule has 6 nitrogen and oxygen atoms in total. The van der Waals surface area contributed by atoms with Gasteiger partial charge in [-0.2, -0.15) is 0 Å². The van der Waals surface area contributed by atoms with Crippen LogP contribution in [0, 0.1) is 19.8 Å². The van der Waals surface area contributed by atoms with Gasteiger partial charge in [-0.05, 0) is 71.2 Å². The van der Waals surface area contributed by atoms with Gasteiger partial charge in [0.2, 0.25) is 0 Å². The van der Waals surface area contributed by atoms with E-state index in [1.165, 1.54) is 0 Å². The first-order chi connectivity index (χ1) is 15.0. The van der Waals surface area contributed by atoms with Crippen molar-refractivity contribution in [2.75, 3.05) is 18.4 Å². The van der Waals surface area contributed by atoms with E-state index >= 15 is 0 Å². The van der Waals surface area contributed by atoms with Gasteiger partial charge in [0.25, 0.3) is 5.91 Å². The second kappa shape index (κ2) is 9.55. The largest absolute Gasteiger partial charge is 0.444 e. The van der Waals surface area contributed by atoms with Crippen molar-refractivity contribution in [1.29, 1.82) is 0 Å². The lowest BCUT2D eigenvalue weighted by atomic mass is 9.87. The number of amides is 2. The zero-order chi connectivity index (χ0) is 23.5. The van der Waals surface area contributed by atoms with E-state index in [2.05, 4.69) is 5.32 Å². The normalized spacial score (nSPS) is 14.7. The van der Waals surface area contributed by atoms with Crippen molar-refractivity contribution >= 4 is 23.5 Å². The van der Waals surface area contributed by atoms with E-state index < -0.39 is 11.7 Å². The van der Waals surface area contributed by atoms with Crippen LogP contribution in [-0.2, 0) is 4.74 Å². The van der Waals surface area contributed by atoms with Gasteiger partial charge in [0.05, 0.1) is 0 Å². The molecule has 0 spiro atoms. The summed E-state index contributed by atoms with van der Waals surface area (Å²) in [4.78, 5) is 39.8. The lowest BCUT2D eigenvalue weighted by Gasteiger charge is -2.31. The summed E-state index contributed by atoms with van der Waals surface area (Å²) in [6.45, 7) is 10.4. The number of ether oxygens (including phenoxy) is 1. The summed E-state index contributed by atoms with van der Waals surface area (Å²) in [5, 5.41) is 2.67. The van der Waals surface area contributed by atoms with E-state index in [9.17, 15) is 14.4 Å². The molecule has 0 aromatic heterocycles. The Balaban J connectivity index is 1.60. The smallest absolute Gasteiger partial charge is 0.412 e. The number of nitrogens with one attached hydrogen (secondary N) is 1. The van der Waals surface area contributed by atoms with Crippen LogP contribution < -0.4 is 5.32 Å². The fourth-order valence-electron chi connectivity index (χ4n) is 3.99. The molecule has 1 aliphatic heterocycles. The molecule has 1 heterocycles. The molecule has 0 saturated carbocycles. The second-order valence-electron chi connectivity index (χ2n) is 9.46. The van der Waals surface area contributed by atoms with Crippen molar-refractivity contribution in [1.82, 2.24) is 4.90 Å². The molecule has 32 heavy (non-hydrogen) atoms. The van der Waals surface area contributed by atoms with Gasteiger partial charge in [0.1, 0.15) is 5.60 Å². The van der Waals surface area contributed by atoms with Crippen LogP contribution in [-0.4, -0.2) is 41.4 Å². The summed E-state index contributed by atoms with van der Waals surface area (Å²) >= 11 is 0. The van der Waals surface area contributed by atoms with Crippen LogP contribution in [0.1, 0.15) is 65.5 Å². The molecule has 0 bridgehead atoms. The minimum Gasteiger partial charge on any atom is -0.444 e. The molecule has 6 heteroatoms. The SMILES string of the molecule is Cc1ccc(C(=O)C2CCN(C(=O)c3cccc(NC(=O)OC(C)(C)C)c3)CC2)c(C)c1. The topological polar surface area (TPSA) is 75.7 Å². The molecule has 2 aromatic carbocycles. The summed E-state index contributed by atoms with van der Waals surface area (Å²) in [6.07, 6.45) is 0.731. The highest BCUT2D eigenvalue weighted by Gasteiger charge is 2.29. The van der Waals surface area contributed by atoms with E-state index in [-0.39, 0.29) is 17.6 Å². The van der Waals surface area contributed by atoms with Gasteiger partial charge in [-0.15, -0.1) is 0 Å². The molecule has 1 N–H and O–H groups in total. The number of piperidine rings is 1. The Morgan fingerprint density at radius 2 is 1.69 bits per heavy atom. The summed E-state index contributed by atoms with van der Waals surface area (Å²) in [6, 6.07) is 12.7. The van der Waals surface area contributed by atoms with Crippen molar-refractivity contribution in [3.63, 3.8) is 0 Å². The summed E-state index contributed by atoms with van der Waals surface area (Å²) in [5.74, 6) is -0.00552. The van der Waals surface area contributed by atoms with Crippen LogP contribution in [0.2, 0.25) is 0 Å². The van der Waals surface area contributed by atoms with E-state index in [0.717, 1.165) is 16.7 Å². The van der Waals surface area contributed by atoms with E-state index in [4.69, 9.17) is 4.74 Å². The first-order valence-electron chi connectivity index (χ1n) is 11.0. The zero-order valence-corrected chi connectivity index (χ0v) is 19.5. The number of ketones is 1. The molecule has 1 aliphatic rings. The van der Waals surface area contributed by atoms with Crippen molar-refractivity contribution in [2.24, 2.45) is 5.92 Å². The molecule has 0 radical (unpaired) electrons. The summed E-state index contributed by atoms with van der Waals surface area (Å²) < 4.78 is 5.27. The van der Waals surface area contributed by atoms with E-state index in [1.807, 2.05) is 32.0 Å². The maximum Gasteiger partial charge on any atom is 0.412 e. The van der Waals surface area contributed by atoms with Gasteiger partial charge in [0, 0.05) is 35.8 Å². The second-order valence-corrected chi connectivity index (χ2v) is 9.46. The highest BCUT2D eigenvalue weighted by Crippen LogP contribution is 2.25. The van der Waals surface area contributed by atoms with Gasteiger partial charge in [-0.3, -0.25) is 14.9 Å². The third-order valence-corrected chi connectivity index (χ3v) is 5.56.